The molecular formula is C15H20N2O3. The number of rotatable bonds is 6. The molecular weight excluding hydrogens is 256 g/mol. The minimum atomic E-state index is -0.352. The summed E-state index contributed by atoms with van der Waals surface area (Å²) in [5, 5.41) is 5.15. The first kappa shape index (κ1) is 13.5. The molecule has 3 aliphatic rings. The standard InChI is InChI=1S/C15H20N2O3/c1-2-3-4-5-6-9-16-17-14(18)12-10-7-8-11(20-10)13(12)15(17)19/h7-13H,2-6H2,1H3/b16-9-/t10-,11-,12-,13+/m0/s1. The Morgan fingerprint density at radius 3 is 2.40 bits per heavy atom. The maximum Gasteiger partial charge on any atom is 0.256 e. The molecule has 2 fully saturated rings. The summed E-state index contributed by atoms with van der Waals surface area (Å²) in [6.45, 7) is 2.17. The van der Waals surface area contributed by atoms with Crippen molar-refractivity contribution >= 4 is 18.0 Å². The summed E-state index contributed by atoms with van der Waals surface area (Å²) in [6, 6.07) is 0. The summed E-state index contributed by atoms with van der Waals surface area (Å²) < 4.78 is 5.57. The first-order valence-electron chi connectivity index (χ1n) is 7.48. The number of fused-ring (bicyclic) bond motifs is 5. The Bertz CT molecular complexity index is 442. The predicted octanol–water partition coefficient (Wildman–Crippen LogP) is 1.88. The van der Waals surface area contributed by atoms with Crippen molar-refractivity contribution in [1.82, 2.24) is 5.01 Å². The maximum absolute atomic E-state index is 12.2. The van der Waals surface area contributed by atoms with E-state index in [1.165, 1.54) is 12.8 Å². The normalized spacial score (nSPS) is 34.8. The zero-order chi connectivity index (χ0) is 14.1. The number of hydrogen-bond donors (Lipinski definition) is 0. The van der Waals surface area contributed by atoms with Gasteiger partial charge in [0.2, 0.25) is 0 Å². The van der Waals surface area contributed by atoms with Crippen molar-refractivity contribution < 1.29 is 14.3 Å². The number of nitrogens with zero attached hydrogens (tertiary/aromatic N) is 2. The highest BCUT2D eigenvalue weighted by atomic mass is 16.5. The van der Waals surface area contributed by atoms with Crippen molar-refractivity contribution in [3.63, 3.8) is 0 Å². The Balaban J connectivity index is 1.58. The molecule has 2 amide bonds. The first-order valence-corrected chi connectivity index (χ1v) is 7.48. The van der Waals surface area contributed by atoms with Gasteiger partial charge in [-0.1, -0.05) is 38.3 Å². The summed E-state index contributed by atoms with van der Waals surface area (Å²) in [5.74, 6) is -1.12. The van der Waals surface area contributed by atoms with Crippen LogP contribution >= 0.6 is 0 Å². The molecule has 5 nitrogen and oxygen atoms in total. The number of imide groups is 1. The Kier molecular flexibility index (Phi) is 3.70. The van der Waals surface area contributed by atoms with Gasteiger partial charge in [0.05, 0.1) is 24.0 Å². The zero-order valence-electron chi connectivity index (χ0n) is 11.7. The number of hydrazone groups is 1. The average molecular weight is 276 g/mol. The lowest BCUT2D eigenvalue weighted by molar-refractivity contribution is -0.142. The van der Waals surface area contributed by atoms with Crippen LogP contribution in [-0.2, 0) is 14.3 Å². The Labute approximate surface area is 118 Å². The van der Waals surface area contributed by atoms with Crippen LogP contribution in [0.25, 0.3) is 0 Å². The summed E-state index contributed by atoms with van der Waals surface area (Å²) >= 11 is 0. The molecule has 0 aromatic rings. The molecule has 0 spiro atoms. The van der Waals surface area contributed by atoms with Gasteiger partial charge in [-0.2, -0.15) is 10.1 Å². The SMILES string of the molecule is CCCCCC/C=N\N1C(=O)[C@@H]2[C@H](C1=O)[C@@H]1C=C[C@@H]2O1. The highest BCUT2D eigenvalue weighted by Gasteiger charge is 2.61. The van der Waals surface area contributed by atoms with Gasteiger partial charge in [0.15, 0.2) is 0 Å². The van der Waals surface area contributed by atoms with E-state index in [2.05, 4.69) is 12.0 Å². The molecule has 2 bridgehead atoms. The third-order valence-electron chi connectivity index (χ3n) is 4.27. The smallest absolute Gasteiger partial charge is 0.256 e. The summed E-state index contributed by atoms with van der Waals surface area (Å²) in [7, 11) is 0. The Morgan fingerprint density at radius 1 is 1.15 bits per heavy atom. The summed E-state index contributed by atoms with van der Waals surface area (Å²) in [6.07, 6.45) is 10.4. The molecule has 0 radical (unpaired) electrons. The Morgan fingerprint density at radius 2 is 1.80 bits per heavy atom. The second-order valence-electron chi connectivity index (χ2n) is 5.64. The molecule has 0 unspecified atom stereocenters. The Hall–Kier alpha value is -1.49. The number of amides is 2. The maximum atomic E-state index is 12.2. The van der Waals surface area contributed by atoms with E-state index in [1.54, 1.807) is 6.21 Å². The van der Waals surface area contributed by atoms with Gasteiger partial charge in [-0.3, -0.25) is 9.59 Å². The van der Waals surface area contributed by atoms with Gasteiger partial charge >= 0.3 is 0 Å². The highest BCUT2D eigenvalue weighted by molar-refractivity contribution is 6.06. The molecule has 3 aliphatic heterocycles. The van der Waals surface area contributed by atoms with Gasteiger partial charge in [-0.05, 0) is 12.8 Å². The lowest BCUT2D eigenvalue weighted by atomic mass is 9.85. The highest BCUT2D eigenvalue weighted by Crippen LogP contribution is 2.45. The van der Waals surface area contributed by atoms with E-state index in [9.17, 15) is 9.59 Å². The van der Waals surface area contributed by atoms with Crippen LogP contribution in [0, 0.1) is 11.8 Å². The molecule has 0 saturated carbocycles. The van der Waals surface area contributed by atoms with Gasteiger partial charge in [0.1, 0.15) is 0 Å². The third kappa shape index (κ3) is 2.10. The van der Waals surface area contributed by atoms with E-state index < -0.39 is 0 Å². The van der Waals surface area contributed by atoms with Crippen molar-refractivity contribution in [3.05, 3.63) is 12.2 Å². The van der Waals surface area contributed by atoms with Gasteiger partial charge in [0.25, 0.3) is 11.8 Å². The average Bonchev–Trinajstić information content (AvgIpc) is 3.11. The number of carbonyl (C=O) groups excluding carboxylic acids is 2. The summed E-state index contributed by atoms with van der Waals surface area (Å²) in [4.78, 5) is 24.5. The van der Waals surface area contributed by atoms with Crippen LogP contribution in [0.1, 0.15) is 39.0 Å². The van der Waals surface area contributed by atoms with E-state index in [0.29, 0.717) is 0 Å². The van der Waals surface area contributed by atoms with Crippen LogP contribution < -0.4 is 0 Å². The van der Waals surface area contributed by atoms with Crippen molar-refractivity contribution in [1.29, 1.82) is 0 Å². The molecule has 0 aliphatic carbocycles. The van der Waals surface area contributed by atoms with Crippen LogP contribution in [-0.4, -0.2) is 35.2 Å². The molecule has 3 rings (SSSR count). The topological polar surface area (TPSA) is 59.0 Å². The lowest BCUT2D eigenvalue weighted by Crippen LogP contribution is -2.30. The fraction of sp³-hybridized carbons (Fsp3) is 0.667. The molecule has 0 N–H and O–H groups in total. The minimum Gasteiger partial charge on any atom is -0.365 e. The summed E-state index contributed by atoms with van der Waals surface area (Å²) in [5.41, 5.74) is 0. The fourth-order valence-electron chi connectivity index (χ4n) is 3.20. The van der Waals surface area contributed by atoms with Crippen LogP contribution in [0.3, 0.4) is 0 Å². The molecule has 0 aromatic carbocycles. The van der Waals surface area contributed by atoms with Crippen LogP contribution in [0.4, 0.5) is 0 Å². The molecule has 4 atom stereocenters. The number of unbranched alkanes of at least 4 members (excludes halogenated alkanes) is 4. The van der Waals surface area contributed by atoms with Crippen molar-refractivity contribution in [2.45, 2.75) is 51.2 Å². The number of ether oxygens (including phenoxy) is 1. The van der Waals surface area contributed by atoms with Gasteiger partial charge in [-0.25, -0.2) is 0 Å². The van der Waals surface area contributed by atoms with Gasteiger partial charge in [-0.15, -0.1) is 0 Å². The lowest BCUT2D eigenvalue weighted by Gasteiger charge is -2.11. The molecule has 5 heteroatoms. The zero-order valence-corrected chi connectivity index (χ0v) is 11.7. The second-order valence-corrected chi connectivity index (χ2v) is 5.64. The van der Waals surface area contributed by atoms with Crippen LogP contribution in [0.5, 0.6) is 0 Å². The van der Waals surface area contributed by atoms with Crippen molar-refractivity contribution in [2.24, 2.45) is 16.9 Å². The number of carbonyl (C=O) groups is 2. The van der Waals surface area contributed by atoms with E-state index in [4.69, 9.17) is 4.74 Å². The number of hydrogen-bond acceptors (Lipinski definition) is 4. The van der Waals surface area contributed by atoms with E-state index in [1.807, 2.05) is 12.2 Å². The van der Waals surface area contributed by atoms with E-state index >= 15 is 0 Å². The molecule has 0 aromatic heterocycles. The van der Waals surface area contributed by atoms with E-state index in [0.717, 1.165) is 24.3 Å². The molecule has 20 heavy (non-hydrogen) atoms. The van der Waals surface area contributed by atoms with Crippen LogP contribution in [0.2, 0.25) is 0 Å². The molecule has 2 saturated heterocycles. The van der Waals surface area contributed by atoms with Gasteiger partial charge in [0, 0.05) is 6.21 Å². The first-order chi connectivity index (χ1) is 9.74. The quantitative estimate of drug-likeness (QED) is 0.322. The fourth-order valence-corrected chi connectivity index (χ4v) is 3.20. The van der Waals surface area contributed by atoms with Crippen LogP contribution in [0.15, 0.2) is 17.3 Å². The predicted molar refractivity (Wildman–Crippen MR) is 73.9 cm³/mol. The third-order valence-corrected chi connectivity index (χ3v) is 4.27. The molecule has 108 valence electrons. The van der Waals surface area contributed by atoms with Gasteiger partial charge < -0.3 is 4.74 Å². The molecule has 3 heterocycles. The second kappa shape index (κ2) is 5.48. The largest absolute Gasteiger partial charge is 0.365 e. The monoisotopic (exact) mass is 276 g/mol. The minimum absolute atomic E-state index is 0.207. The van der Waals surface area contributed by atoms with Crippen molar-refractivity contribution in [3.8, 4) is 0 Å². The van der Waals surface area contributed by atoms with Crippen molar-refractivity contribution in [2.75, 3.05) is 0 Å². The van der Waals surface area contributed by atoms with E-state index in [-0.39, 0.29) is 35.9 Å².